The van der Waals surface area contributed by atoms with E-state index in [1.54, 1.807) is 26.4 Å². The van der Waals surface area contributed by atoms with Gasteiger partial charge in [0.1, 0.15) is 6.54 Å². The van der Waals surface area contributed by atoms with Crippen molar-refractivity contribution in [3.8, 4) is 0 Å². The molecule has 2 rings (SSSR count). The number of thiazole rings is 1. The number of hydrogen-bond donors (Lipinski definition) is 1. The Kier molecular flexibility index (Phi) is 7.14. The molecule has 1 aromatic carbocycles. The first-order chi connectivity index (χ1) is 13.1. The van der Waals surface area contributed by atoms with E-state index in [9.17, 15) is 22.8 Å². The molecule has 0 aliphatic carbocycles. The van der Waals surface area contributed by atoms with Crippen LogP contribution in [0.15, 0.2) is 29.6 Å². The molecular weight excluding hydrogens is 393 g/mol. The van der Waals surface area contributed by atoms with E-state index in [0.29, 0.717) is 11.7 Å². The SMILES string of the molecule is Cc1csc(NC(=O)CN(CCN(C)C)C(=O)c2cccc(C(F)(F)F)c2)n1. The Morgan fingerprint density at radius 1 is 1.21 bits per heavy atom. The third kappa shape index (κ3) is 6.31. The second-order valence-electron chi connectivity index (χ2n) is 6.45. The summed E-state index contributed by atoms with van der Waals surface area (Å²) in [5, 5.41) is 4.78. The third-order valence-corrected chi connectivity index (χ3v) is 4.62. The van der Waals surface area contributed by atoms with Crippen LogP contribution in [0.25, 0.3) is 0 Å². The van der Waals surface area contributed by atoms with E-state index in [2.05, 4.69) is 10.3 Å². The number of aromatic nitrogens is 1. The van der Waals surface area contributed by atoms with Gasteiger partial charge in [-0.2, -0.15) is 13.2 Å². The fourth-order valence-corrected chi connectivity index (χ4v) is 3.03. The number of hydrogen-bond acceptors (Lipinski definition) is 5. The highest BCUT2D eigenvalue weighted by atomic mass is 32.1. The van der Waals surface area contributed by atoms with Crippen molar-refractivity contribution in [2.45, 2.75) is 13.1 Å². The van der Waals surface area contributed by atoms with Gasteiger partial charge in [0.05, 0.1) is 11.3 Å². The van der Waals surface area contributed by atoms with Gasteiger partial charge in [0.2, 0.25) is 5.91 Å². The highest BCUT2D eigenvalue weighted by molar-refractivity contribution is 7.13. The number of aryl methyl sites for hydroxylation is 1. The number of amides is 2. The van der Waals surface area contributed by atoms with Crippen LogP contribution in [-0.2, 0) is 11.0 Å². The highest BCUT2D eigenvalue weighted by Gasteiger charge is 2.31. The van der Waals surface area contributed by atoms with Crippen LogP contribution in [0.4, 0.5) is 18.3 Å². The normalized spacial score (nSPS) is 11.5. The van der Waals surface area contributed by atoms with Crippen molar-refractivity contribution in [3.05, 3.63) is 46.5 Å². The van der Waals surface area contributed by atoms with Crippen LogP contribution in [0.3, 0.4) is 0 Å². The van der Waals surface area contributed by atoms with Gasteiger partial charge >= 0.3 is 6.18 Å². The predicted octanol–water partition coefficient (Wildman–Crippen LogP) is 3.11. The molecule has 10 heteroatoms. The Hall–Kier alpha value is -2.46. The van der Waals surface area contributed by atoms with Crippen LogP contribution >= 0.6 is 11.3 Å². The number of nitrogens with one attached hydrogen (secondary N) is 1. The van der Waals surface area contributed by atoms with Gasteiger partial charge in [-0.15, -0.1) is 11.3 Å². The number of carbonyl (C=O) groups is 2. The fraction of sp³-hybridized carbons (Fsp3) is 0.389. The van der Waals surface area contributed by atoms with Gasteiger partial charge in [-0.05, 0) is 39.2 Å². The summed E-state index contributed by atoms with van der Waals surface area (Å²) in [6.45, 7) is 2.13. The fourth-order valence-electron chi connectivity index (χ4n) is 2.33. The van der Waals surface area contributed by atoms with E-state index in [1.165, 1.54) is 28.4 Å². The van der Waals surface area contributed by atoms with Crippen molar-refractivity contribution in [1.82, 2.24) is 14.8 Å². The van der Waals surface area contributed by atoms with Crippen molar-refractivity contribution in [2.75, 3.05) is 39.0 Å². The summed E-state index contributed by atoms with van der Waals surface area (Å²) >= 11 is 1.25. The largest absolute Gasteiger partial charge is 0.416 e. The Balaban J connectivity index is 2.17. The molecule has 0 aliphatic rings. The smallest absolute Gasteiger partial charge is 0.328 e. The second kappa shape index (κ2) is 9.16. The van der Waals surface area contributed by atoms with Crippen molar-refractivity contribution < 1.29 is 22.8 Å². The molecule has 2 aromatic rings. The molecule has 0 spiro atoms. The molecule has 2 amide bonds. The number of halogens is 3. The van der Waals surface area contributed by atoms with E-state index in [4.69, 9.17) is 0 Å². The zero-order valence-electron chi connectivity index (χ0n) is 15.7. The molecule has 0 saturated carbocycles. The highest BCUT2D eigenvalue weighted by Crippen LogP contribution is 2.29. The third-order valence-electron chi connectivity index (χ3n) is 3.74. The van der Waals surface area contributed by atoms with Crippen molar-refractivity contribution in [3.63, 3.8) is 0 Å². The lowest BCUT2D eigenvalue weighted by Crippen LogP contribution is -2.41. The summed E-state index contributed by atoms with van der Waals surface area (Å²) in [7, 11) is 3.59. The molecule has 0 bridgehead atoms. The molecule has 0 unspecified atom stereocenters. The average Bonchev–Trinajstić information content (AvgIpc) is 3.01. The van der Waals surface area contributed by atoms with Crippen molar-refractivity contribution in [1.29, 1.82) is 0 Å². The number of benzene rings is 1. The van der Waals surface area contributed by atoms with E-state index in [0.717, 1.165) is 17.8 Å². The van der Waals surface area contributed by atoms with Gasteiger partial charge in [-0.25, -0.2) is 4.98 Å². The molecule has 6 nitrogen and oxygen atoms in total. The zero-order chi connectivity index (χ0) is 20.9. The number of nitrogens with zero attached hydrogens (tertiary/aromatic N) is 3. The molecule has 1 heterocycles. The van der Waals surface area contributed by atoms with Gasteiger partial charge in [-0.3, -0.25) is 9.59 Å². The topological polar surface area (TPSA) is 65.5 Å². The first-order valence-electron chi connectivity index (χ1n) is 8.39. The monoisotopic (exact) mass is 414 g/mol. The van der Waals surface area contributed by atoms with Gasteiger partial charge in [0.15, 0.2) is 5.13 Å². The molecular formula is C18H21F3N4O2S. The first kappa shape index (κ1) is 21.8. The number of anilines is 1. The van der Waals surface area contributed by atoms with Gasteiger partial charge < -0.3 is 15.1 Å². The van der Waals surface area contributed by atoms with E-state index < -0.39 is 23.6 Å². The lowest BCUT2D eigenvalue weighted by atomic mass is 10.1. The lowest BCUT2D eigenvalue weighted by Gasteiger charge is -2.24. The van der Waals surface area contributed by atoms with Gasteiger partial charge in [-0.1, -0.05) is 6.07 Å². The molecule has 1 N–H and O–H groups in total. The predicted molar refractivity (Wildman–Crippen MR) is 101 cm³/mol. The van der Waals surface area contributed by atoms with Gasteiger partial charge in [0, 0.05) is 24.0 Å². The number of likely N-dealkylation sites (N-methyl/N-ethyl adjacent to an activating group) is 1. The maximum atomic E-state index is 12.9. The van der Waals surface area contributed by atoms with Crippen LogP contribution in [0, 0.1) is 6.92 Å². The standard InChI is InChI=1S/C18H21F3N4O2S/c1-12-11-28-17(22-12)23-15(26)10-25(8-7-24(2)3)16(27)13-5-4-6-14(9-13)18(19,20)21/h4-6,9,11H,7-8,10H2,1-3H3,(H,22,23,26). The summed E-state index contributed by atoms with van der Waals surface area (Å²) in [6.07, 6.45) is -4.55. The summed E-state index contributed by atoms with van der Waals surface area (Å²) < 4.78 is 38.8. The molecule has 28 heavy (non-hydrogen) atoms. The Bertz CT molecular complexity index is 836. The molecule has 152 valence electrons. The molecule has 0 saturated heterocycles. The van der Waals surface area contributed by atoms with Crippen LogP contribution < -0.4 is 5.32 Å². The summed E-state index contributed by atoms with van der Waals surface area (Å²) in [5.74, 6) is -1.10. The van der Waals surface area contributed by atoms with Crippen LogP contribution in [0.5, 0.6) is 0 Å². The number of carbonyl (C=O) groups excluding carboxylic acids is 2. The zero-order valence-corrected chi connectivity index (χ0v) is 16.5. The quantitative estimate of drug-likeness (QED) is 0.756. The number of alkyl halides is 3. The van der Waals surface area contributed by atoms with Crippen molar-refractivity contribution in [2.24, 2.45) is 0 Å². The Morgan fingerprint density at radius 3 is 2.50 bits per heavy atom. The minimum atomic E-state index is -4.55. The van der Waals surface area contributed by atoms with Crippen LogP contribution in [0.1, 0.15) is 21.6 Å². The molecule has 0 radical (unpaired) electrons. The molecule has 0 fully saturated rings. The van der Waals surface area contributed by atoms with Crippen molar-refractivity contribution >= 4 is 28.3 Å². The van der Waals surface area contributed by atoms with Crippen LogP contribution in [0.2, 0.25) is 0 Å². The molecule has 0 aliphatic heterocycles. The summed E-state index contributed by atoms with van der Waals surface area (Å²) in [6, 6.07) is 4.19. The van der Waals surface area contributed by atoms with E-state index in [-0.39, 0.29) is 18.7 Å². The second-order valence-corrected chi connectivity index (χ2v) is 7.31. The minimum Gasteiger partial charge on any atom is -0.328 e. The Morgan fingerprint density at radius 2 is 1.93 bits per heavy atom. The maximum Gasteiger partial charge on any atom is 0.416 e. The van der Waals surface area contributed by atoms with Crippen LogP contribution in [-0.4, -0.2) is 60.3 Å². The average molecular weight is 414 g/mol. The van der Waals surface area contributed by atoms with E-state index in [1.807, 2.05) is 4.90 Å². The number of rotatable bonds is 7. The molecule has 0 atom stereocenters. The maximum absolute atomic E-state index is 12.9. The van der Waals surface area contributed by atoms with E-state index >= 15 is 0 Å². The molecule has 1 aromatic heterocycles. The minimum absolute atomic E-state index is 0.119. The first-order valence-corrected chi connectivity index (χ1v) is 9.27. The Labute approximate surface area is 165 Å². The lowest BCUT2D eigenvalue weighted by molar-refractivity contribution is -0.137. The summed E-state index contributed by atoms with van der Waals surface area (Å²) in [4.78, 5) is 32.2. The van der Waals surface area contributed by atoms with Gasteiger partial charge in [0.25, 0.3) is 5.91 Å². The summed E-state index contributed by atoms with van der Waals surface area (Å²) in [5.41, 5.74) is -0.273.